The SMILES string of the molecule is CC(C)(C)OC(=O)N1CC=C(c2ccc3c(c2)CCN3C2CCC(=O)NC2=O)CC1. The van der Waals surface area contributed by atoms with Crippen LogP contribution >= 0.6 is 0 Å². The first-order chi connectivity index (χ1) is 14.2. The van der Waals surface area contributed by atoms with E-state index >= 15 is 0 Å². The van der Waals surface area contributed by atoms with Gasteiger partial charge in [-0.2, -0.15) is 0 Å². The van der Waals surface area contributed by atoms with E-state index in [4.69, 9.17) is 4.74 Å². The zero-order valence-corrected chi connectivity index (χ0v) is 17.9. The van der Waals surface area contributed by atoms with Gasteiger partial charge in [0.2, 0.25) is 11.8 Å². The second-order valence-corrected chi connectivity index (χ2v) is 9.16. The van der Waals surface area contributed by atoms with Crippen molar-refractivity contribution in [2.24, 2.45) is 0 Å². The zero-order chi connectivity index (χ0) is 21.5. The summed E-state index contributed by atoms with van der Waals surface area (Å²) in [4.78, 5) is 39.8. The number of amides is 3. The second kappa shape index (κ2) is 7.78. The van der Waals surface area contributed by atoms with Crippen molar-refractivity contribution in [3.63, 3.8) is 0 Å². The molecule has 160 valence electrons. The zero-order valence-electron chi connectivity index (χ0n) is 17.9. The average Bonchev–Trinajstić information content (AvgIpc) is 3.10. The van der Waals surface area contributed by atoms with Gasteiger partial charge in [0, 0.05) is 31.7 Å². The van der Waals surface area contributed by atoms with Crippen molar-refractivity contribution in [3.05, 3.63) is 35.4 Å². The number of anilines is 1. The fraction of sp³-hybridized carbons (Fsp3) is 0.522. The van der Waals surface area contributed by atoms with Gasteiger partial charge in [0.05, 0.1) is 0 Å². The monoisotopic (exact) mass is 411 g/mol. The molecule has 0 bridgehead atoms. The van der Waals surface area contributed by atoms with Gasteiger partial charge in [-0.15, -0.1) is 0 Å². The Labute approximate surface area is 177 Å². The van der Waals surface area contributed by atoms with Crippen LogP contribution in [0.25, 0.3) is 5.57 Å². The number of ether oxygens (including phenoxy) is 1. The fourth-order valence-electron chi connectivity index (χ4n) is 4.35. The number of fused-ring (bicyclic) bond motifs is 1. The van der Waals surface area contributed by atoms with Crippen LogP contribution in [-0.4, -0.2) is 54.1 Å². The van der Waals surface area contributed by atoms with Crippen LogP contribution < -0.4 is 10.2 Å². The molecule has 1 fully saturated rings. The summed E-state index contributed by atoms with van der Waals surface area (Å²) >= 11 is 0. The molecule has 7 heteroatoms. The lowest BCUT2D eigenvalue weighted by atomic mass is 9.96. The lowest BCUT2D eigenvalue weighted by molar-refractivity contribution is -0.134. The molecule has 3 amide bonds. The third-order valence-corrected chi connectivity index (χ3v) is 5.83. The quantitative estimate of drug-likeness (QED) is 0.757. The largest absolute Gasteiger partial charge is 0.444 e. The Morgan fingerprint density at radius 2 is 1.93 bits per heavy atom. The molecule has 1 unspecified atom stereocenters. The molecule has 0 radical (unpaired) electrons. The van der Waals surface area contributed by atoms with Gasteiger partial charge in [-0.3, -0.25) is 14.9 Å². The standard InChI is InChI=1S/C23H29N3O4/c1-23(2,3)30-22(29)25-11-8-15(9-12-25)16-4-5-18-17(14-16)10-13-26(18)19-6-7-20(27)24-21(19)28/h4-5,8,14,19H,6-7,9-13H2,1-3H3,(H,24,27,28). The first kappa shape index (κ1) is 20.4. The van der Waals surface area contributed by atoms with Crippen LogP contribution in [-0.2, 0) is 20.7 Å². The van der Waals surface area contributed by atoms with Crippen LogP contribution in [0.3, 0.4) is 0 Å². The van der Waals surface area contributed by atoms with Gasteiger partial charge in [-0.1, -0.05) is 12.1 Å². The number of nitrogens with zero attached hydrogens (tertiary/aromatic N) is 2. The molecule has 3 aliphatic heterocycles. The molecule has 1 saturated heterocycles. The summed E-state index contributed by atoms with van der Waals surface area (Å²) in [6.07, 6.45) is 4.46. The minimum absolute atomic E-state index is 0.185. The van der Waals surface area contributed by atoms with Crippen LogP contribution in [0.5, 0.6) is 0 Å². The number of carbonyl (C=O) groups excluding carboxylic acids is 3. The summed E-state index contributed by atoms with van der Waals surface area (Å²) in [6, 6.07) is 6.11. The Bertz CT molecular complexity index is 916. The molecular weight excluding hydrogens is 382 g/mol. The van der Waals surface area contributed by atoms with E-state index in [-0.39, 0.29) is 23.9 Å². The molecule has 1 N–H and O–H groups in total. The van der Waals surface area contributed by atoms with Crippen molar-refractivity contribution in [1.29, 1.82) is 0 Å². The second-order valence-electron chi connectivity index (χ2n) is 9.16. The number of carbonyl (C=O) groups is 3. The smallest absolute Gasteiger partial charge is 0.410 e. The van der Waals surface area contributed by atoms with E-state index in [0.29, 0.717) is 25.9 Å². The number of piperidine rings is 1. The Morgan fingerprint density at radius 3 is 2.60 bits per heavy atom. The van der Waals surface area contributed by atoms with Crippen LogP contribution in [0.4, 0.5) is 10.5 Å². The summed E-state index contributed by atoms with van der Waals surface area (Å²) in [5, 5.41) is 2.46. The van der Waals surface area contributed by atoms with Gasteiger partial charge < -0.3 is 14.5 Å². The van der Waals surface area contributed by atoms with Gasteiger partial charge in [-0.05, 0) is 68.9 Å². The number of nitrogens with one attached hydrogen (secondary N) is 1. The van der Waals surface area contributed by atoms with Crippen LogP contribution in [0.15, 0.2) is 24.3 Å². The summed E-state index contributed by atoms with van der Waals surface area (Å²) < 4.78 is 5.46. The lowest BCUT2D eigenvalue weighted by Crippen LogP contribution is -2.52. The Hall–Kier alpha value is -2.83. The van der Waals surface area contributed by atoms with Gasteiger partial charge in [0.1, 0.15) is 11.6 Å². The average molecular weight is 412 g/mol. The van der Waals surface area contributed by atoms with Crippen LogP contribution in [0, 0.1) is 0 Å². The van der Waals surface area contributed by atoms with Crippen molar-refractivity contribution in [2.45, 2.75) is 58.1 Å². The predicted octanol–water partition coefficient (Wildman–Crippen LogP) is 2.88. The van der Waals surface area contributed by atoms with Gasteiger partial charge in [0.25, 0.3) is 0 Å². The summed E-state index contributed by atoms with van der Waals surface area (Å²) in [6.45, 7) is 7.59. The van der Waals surface area contributed by atoms with E-state index in [9.17, 15) is 14.4 Å². The molecule has 3 aliphatic rings. The van der Waals surface area contributed by atoms with Gasteiger partial charge >= 0.3 is 6.09 Å². The van der Waals surface area contributed by atoms with E-state index in [2.05, 4.69) is 34.5 Å². The Kier molecular flexibility index (Phi) is 5.30. The maximum atomic E-state index is 12.3. The Morgan fingerprint density at radius 1 is 1.13 bits per heavy atom. The minimum atomic E-state index is -0.491. The first-order valence-electron chi connectivity index (χ1n) is 10.6. The number of benzene rings is 1. The molecule has 0 spiro atoms. The van der Waals surface area contributed by atoms with Crippen LogP contribution in [0.1, 0.15) is 51.2 Å². The van der Waals surface area contributed by atoms with Crippen molar-refractivity contribution >= 4 is 29.2 Å². The summed E-state index contributed by atoms with van der Waals surface area (Å²) in [5.41, 5.74) is 4.22. The molecule has 3 heterocycles. The first-order valence-corrected chi connectivity index (χ1v) is 10.6. The molecule has 4 rings (SSSR count). The molecule has 0 saturated carbocycles. The third-order valence-electron chi connectivity index (χ3n) is 5.83. The molecule has 1 aromatic carbocycles. The third kappa shape index (κ3) is 4.20. The molecule has 0 aromatic heterocycles. The molecule has 1 aromatic rings. The van der Waals surface area contributed by atoms with Crippen molar-refractivity contribution in [2.75, 3.05) is 24.5 Å². The van der Waals surface area contributed by atoms with E-state index < -0.39 is 5.60 Å². The van der Waals surface area contributed by atoms with Gasteiger partial charge in [0.15, 0.2) is 0 Å². The fourth-order valence-corrected chi connectivity index (χ4v) is 4.35. The predicted molar refractivity (Wildman–Crippen MR) is 114 cm³/mol. The van der Waals surface area contributed by atoms with E-state index in [0.717, 1.165) is 25.1 Å². The van der Waals surface area contributed by atoms with E-state index in [1.807, 2.05) is 20.8 Å². The molecular formula is C23H29N3O4. The van der Waals surface area contributed by atoms with Crippen molar-refractivity contribution < 1.29 is 19.1 Å². The number of imide groups is 1. The Balaban J connectivity index is 1.45. The number of hydrogen-bond donors (Lipinski definition) is 1. The summed E-state index contributed by atoms with van der Waals surface area (Å²) in [5.74, 6) is -0.379. The number of rotatable bonds is 2. The topological polar surface area (TPSA) is 79.0 Å². The van der Waals surface area contributed by atoms with Gasteiger partial charge in [-0.25, -0.2) is 4.79 Å². The number of hydrogen-bond acceptors (Lipinski definition) is 5. The lowest BCUT2D eigenvalue weighted by Gasteiger charge is -2.32. The molecule has 0 aliphatic carbocycles. The van der Waals surface area contributed by atoms with E-state index in [1.54, 1.807) is 4.90 Å². The normalized spacial score (nSPS) is 21.8. The van der Waals surface area contributed by atoms with E-state index in [1.165, 1.54) is 16.7 Å². The highest BCUT2D eigenvalue weighted by Gasteiger charge is 2.35. The van der Waals surface area contributed by atoms with Crippen LogP contribution in [0.2, 0.25) is 0 Å². The minimum Gasteiger partial charge on any atom is -0.444 e. The molecule has 30 heavy (non-hydrogen) atoms. The highest BCUT2D eigenvalue weighted by molar-refractivity contribution is 6.02. The summed E-state index contributed by atoms with van der Waals surface area (Å²) in [7, 11) is 0. The molecule has 7 nitrogen and oxygen atoms in total. The highest BCUT2D eigenvalue weighted by atomic mass is 16.6. The maximum absolute atomic E-state index is 12.3. The van der Waals surface area contributed by atoms with Crippen molar-refractivity contribution in [3.8, 4) is 0 Å². The maximum Gasteiger partial charge on any atom is 0.410 e. The van der Waals surface area contributed by atoms with Crippen molar-refractivity contribution in [1.82, 2.24) is 10.2 Å². The molecule has 1 atom stereocenters. The highest BCUT2D eigenvalue weighted by Crippen LogP contribution is 2.35.